The molecule has 1 N–H and O–H groups in total. The minimum Gasteiger partial charge on any atom is -0.302 e. The third-order valence-electron chi connectivity index (χ3n) is 4.18. The number of aromatic nitrogens is 3. The molecule has 6 nitrogen and oxygen atoms in total. The van der Waals surface area contributed by atoms with E-state index in [0.29, 0.717) is 22.8 Å². The van der Waals surface area contributed by atoms with Crippen LogP contribution in [0.4, 0.5) is 9.52 Å². The van der Waals surface area contributed by atoms with E-state index in [9.17, 15) is 9.18 Å². The van der Waals surface area contributed by atoms with Crippen LogP contribution in [0.25, 0.3) is 0 Å². The van der Waals surface area contributed by atoms with Crippen LogP contribution in [0.2, 0.25) is 0 Å². The maximum absolute atomic E-state index is 12.9. The lowest BCUT2D eigenvalue weighted by Gasteiger charge is -2.14. The summed E-state index contributed by atoms with van der Waals surface area (Å²) in [4.78, 5) is 26.9. The van der Waals surface area contributed by atoms with Crippen molar-refractivity contribution in [1.82, 2.24) is 19.9 Å². The molecule has 1 aliphatic rings. The van der Waals surface area contributed by atoms with E-state index in [2.05, 4.69) is 32.1 Å². The van der Waals surface area contributed by atoms with Gasteiger partial charge in [0.15, 0.2) is 10.9 Å². The Kier molecular flexibility index (Phi) is 5.15. The standard InChI is InChI=1S/C16H20FN5OS/c1-10-7-22(9-14-6-20-16(24-14)21-11(2)23)8-12(10)3-15-18-4-13(17)5-19-15/h4-6,10,12H,3,7-9H2,1-2H3,(H,20,21,23)/t10-,12-/m1/s1. The predicted octanol–water partition coefficient (Wildman–Crippen LogP) is 2.34. The minimum absolute atomic E-state index is 0.106. The Morgan fingerprint density at radius 3 is 2.79 bits per heavy atom. The van der Waals surface area contributed by atoms with Gasteiger partial charge in [-0.25, -0.2) is 19.3 Å². The summed E-state index contributed by atoms with van der Waals surface area (Å²) in [6.45, 7) is 6.48. The van der Waals surface area contributed by atoms with Crippen LogP contribution in [0.3, 0.4) is 0 Å². The van der Waals surface area contributed by atoms with Crippen molar-refractivity contribution in [3.8, 4) is 0 Å². The van der Waals surface area contributed by atoms with E-state index in [4.69, 9.17) is 0 Å². The molecule has 2 aromatic heterocycles. The molecule has 24 heavy (non-hydrogen) atoms. The second kappa shape index (κ2) is 7.31. The van der Waals surface area contributed by atoms with Crippen molar-refractivity contribution in [3.05, 3.63) is 35.1 Å². The summed E-state index contributed by atoms with van der Waals surface area (Å²) in [6.07, 6.45) is 5.02. The van der Waals surface area contributed by atoms with Crippen molar-refractivity contribution in [1.29, 1.82) is 0 Å². The van der Waals surface area contributed by atoms with Crippen LogP contribution in [0.15, 0.2) is 18.6 Å². The van der Waals surface area contributed by atoms with E-state index in [0.717, 1.165) is 30.9 Å². The molecule has 1 saturated heterocycles. The molecule has 0 unspecified atom stereocenters. The summed E-state index contributed by atoms with van der Waals surface area (Å²) in [6, 6.07) is 0. The highest BCUT2D eigenvalue weighted by Gasteiger charge is 2.30. The SMILES string of the molecule is CC(=O)Nc1ncc(CN2C[C@@H](Cc3ncc(F)cn3)[C@H](C)C2)s1. The Bertz CT molecular complexity index is 705. The van der Waals surface area contributed by atoms with Gasteiger partial charge in [0.1, 0.15) is 5.82 Å². The molecule has 0 saturated carbocycles. The molecular weight excluding hydrogens is 329 g/mol. The molecule has 1 fully saturated rings. The average Bonchev–Trinajstić information content (AvgIpc) is 3.08. The zero-order valence-corrected chi connectivity index (χ0v) is 14.5. The molecule has 1 amide bonds. The van der Waals surface area contributed by atoms with E-state index < -0.39 is 5.82 Å². The number of amides is 1. The molecule has 1 aliphatic heterocycles. The van der Waals surface area contributed by atoms with Gasteiger partial charge >= 0.3 is 0 Å². The van der Waals surface area contributed by atoms with Crippen LogP contribution < -0.4 is 5.32 Å². The number of likely N-dealkylation sites (tertiary alicyclic amines) is 1. The highest BCUT2D eigenvalue weighted by molar-refractivity contribution is 7.15. The van der Waals surface area contributed by atoms with Crippen LogP contribution in [0.1, 0.15) is 24.5 Å². The van der Waals surface area contributed by atoms with Crippen molar-refractivity contribution < 1.29 is 9.18 Å². The summed E-state index contributed by atoms with van der Waals surface area (Å²) < 4.78 is 12.9. The lowest BCUT2D eigenvalue weighted by atomic mass is 9.94. The van der Waals surface area contributed by atoms with Gasteiger partial charge in [0.2, 0.25) is 5.91 Å². The molecule has 3 heterocycles. The fourth-order valence-electron chi connectivity index (χ4n) is 3.03. The number of hydrogen-bond acceptors (Lipinski definition) is 6. The van der Waals surface area contributed by atoms with Crippen LogP contribution in [0.5, 0.6) is 0 Å². The highest BCUT2D eigenvalue weighted by atomic mass is 32.1. The zero-order chi connectivity index (χ0) is 17.1. The molecule has 0 radical (unpaired) electrons. The Balaban J connectivity index is 1.56. The molecule has 0 bridgehead atoms. The van der Waals surface area contributed by atoms with Crippen molar-refractivity contribution in [2.45, 2.75) is 26.8 Å². The van der Waals surface area contributed by atoms with Gasteiger partial charge in [0, 0.05) is 44.1 Å². The molecule has 0 spiro atoms. The number of thiazole rings is 1. The number of nitrogens with one attached hydrogen (secondary N) is 1. The van der Waals surface area contributed by atoms with E-state index in [1.807, 2.05) is 6.20 Å². The van der Waals surface area contributed by atoms with Crippen LogP contribution in [-0.2, 0) is 17.8 Å². The molecule has 0 aromatic carbocycles. The first-order chi connectivity index (χ1) is 11.5. The number of carbonyl (C=O) groups excluding carboxylic acids is 1. The molecule has 3 rings (SSSR count). The Labute approximate surface area is 144 Å². The van der Waals surface area contributed by atoms with Gasteiger partial charge in [0.25, 0.3) is 0 Å². The highest BCUT2D eigenvalue weighted by Crippen LogP contribution is 2.28. The van der Waals surface area contributed by atoms with Crippen molar-refractivity contribution >= 4 is 22.4 Å². The first kappa shape index (κ1) is 16.9. The van der Waals surface area contributed by atoms with Gasteiger partial charge in [-0.1, -0.05) is 6.92 Å². The van der Waals surface area contributed by atoms with Crippen molar-refractivity contribution in [2.24, 2.45) is 11.8 Å². The Hall–Kier alpha value is -1.93. The minimum atomic E-state index is -0.403. The second-order valence-electron chi connectivity index (χ2n) is 6.27. The number of hydrogen-bond donors (Lipinski definition) is 1. The summed E-state index contributed by atoms with van der Waals surface area (Å²) >= 11 is 1.51. The number of rotatable bonds is 5. The van der Waals surface area contributed by atoms with Gasteiger partial charge in [-0.2, -0.15) is 0 Å². The zero-order valence-electron chi connectivity index (χ0n) is 13.7. The van der Waals surface area contributed by atoms with Gasteiger partial charge in [0.05, 0.1) is 12.4 Å². The van der Waals surface area contributed by atoms with E-state index in [-0.39, 0.29) is 5.91 Å². The van der Waals surface area contributed by atoms with Gasteiger partial charge in [-0.3, -0.25) is 9.69 Å². The van der Waals surface area contributed by atoms with Gasteiger partial charge in [-0.15, -0.1) is 11.3 Å². The van der Waals surface area contributed by atoms with Crippen molar-refractivity contribution in [3.63, 3.8) is 0 Å². The summed E-state index contributed by atoms with van der Waals surface area (Å²) in [5.74, 6) is 1.17. The molecule has 128 valence electrons. The number of carbonyl (C=O) groups is 1. The molecule has 0 aliphatic carbocycles. The van der Waals surface area contributed by atoms with E-state index in [1.54, 1.807) is 0 Å². The fourth-order valence-corrected chi connectivity index (χ4v) is 3.93. The maximum Gasteiger partial charge on any atom is 0.223 e. The van der Waals surface area contributed by atoms with Crippen molar-refractivity contribution in [2.75, 3.05) is 18.4 Å². The number of nitrogens with zero attached hydrogens (tertiary/aromatic N) is 4. The van der Waals surface area contributed by atoms with E-state index >= 15 is 0 Å². The average molecular weight is 349 g/mol. The predicted molar refractivity (Wildman–Crippen MR) is 90.0 cm³/mol. The number of halogens is 1. The normalized spacial score (nSPS) is 21.1. The molecule has 2 aromatic rings. The largest absolute Gasteiger partial charge is 0.302 e. The smallest absolute Gasteiger partial charge is 0.223 e. The van der Waals surface area contributed by atoms with Gasteiger partial charge in [-0.05, 0) is 11.8 Å². The van der Waals surface area contributed by atoms with Gasteiger partial charge < -0.3 is 5.32 Å². The Morgan fingerprint density at radius 2 is 2.08 bits per heavy atom. The summed E-state index contributed by atoms with van der Waals surface area (Å²) in [5.41, 5.74) is 0. The maximum atomic E-state index is 12.9. The van der Waals surface area contributed by atoms with Crippen LogP contribution in [-0.4, -0.2) is 38.8 Å². The summed E-state index contributed by atoms with van der Waals surface area (Å²) in [5, 5.41) is 3.35. The first-order valence-electron chi connectivity index (χ1n) is 7.90. The molecular formula is C16H20FN5OS. The van der Waals surface area contributed by atoms with Crippen LogP contribution in [0, 0.1) is 17.7 Å². The molecule has 2 atom stereocenters. The third kappa shape index (κ3) is 4.33. The lowest BCUT2D eigenvalue weighted by Crippen LogP contribution is -2.20. The second-order valence-corrected chi connectivity index (χ2v) is 7.38. The topological polar surface area (TPSA) is 71.0 Å². The third-order valence-corrected chi connectivity index (χ3v) is 5.08. The van der Waals surface area contributed by atoms with E-state index in [1.165, 1.54) is 30.7 Å². The lowest BCUT2D eigenvalue weighted by molar-refractivity contribution is -0.114. The summed E-state index contributed by atoms with van der Waals surface area (Å²) in [7, 11) is 0. The first-order valence-corrected chi connectivity index (χ1v) is 8.72. The Morgan fingerprint density at radius 1 is 1.33 bits per heavy atom. The molecule has 8 heteroatoms. The number of anilines is 1. The monoisotopic (exact) mass is 349 g/mol. The fraction of sp³-hybridized carbons (Fsp3) is 0.500. The quantitative estimate of drug-likeness (QED) is 0.897. The van der Waals surface area contributed by atoms with Crippen LogP contribution >= 0.6 is 11.3 Å².